The molecule has 2 N–H and O–H groups in total. The lowest BCUT2D eigenvalue weighted by molar-refractivity contribution is 0.0339. The molecule has 0 radical (unpaired) electrons. The highest BCUT2D eigenvalue weighted by Crippen LogP contribution is 2.29. The molecule has 4 aromatic rings. The van der Waals surface area contributed by atoms with Crippen molar-refractivity contribution in [1.29, 1.82) is 0 Å². The monoisotopic (exact) mass is 442 g/mol. The van der Waals surface area contributed by atoms with Crippen LogP contribution in [0.25, 0.3) is 22.4 Å². The van der Waals surface area contributed by atoms with Crippen LogP contribution in [0, 0.1) is 0 Å². The van der Waals surface area contributed by atoms with Gasteiger partial charge in [-0.15, -0.1) is 0 Å². The minimum Gasteiger partial charge on any atom is -0.496 e. The molecule has 7 nitrogen and oxygen atoms in total. The number of H-pyrrole nitrogens is 1. The average molecular weight is 443 g/mol. The summed E-state index contributed by atoms with van der Waals surface area (Å²) in [5.74, 6) is 1.22. The van der Waals surface area contributed by atoms with Gasteiger partial charge in [-0.2, -0.15) is 0 Å². The maximum atomic E-state index is 13.1. The van der Waals surface area contributed by atoms with E-state index in [1.807, 2.05) is 60.7 Å². The van der Waals surface area contributed by atoms with Gasteiger partial charge in [0.2, 0.25) is 0 Å². The van der Waals surface area contributed by atoms with Crippen molar-refractivity contribution in [3.8, 4) is 17.1 Å². The number of amides is 1. The van der Waals surface area contributed by atoms with Gasteiger partial charge in [0.15, 0.2) is 0 Å². The molecule has 1 fully saturated rings. The Labute approximate surface area is 192 Å². The van der Waals surface area contributed by atoms with Crippen molar-refractivity contribution in [3.05, 3.63) is 77.9 Å². The molecule has 0 unspecified atom stereocenters. The van der Waals surface area contributed by atoms with E-state index in [0.717, 1.165) is 55.0 Å². The number of hydrogen-bond donors (Lipinski definition) is 2. The van der Waals surface area contributed by atoms with Crippen molar-refractivity contribution in [2.45, 2.75) is 6.54 Å². The zero-order valence-corrected chi connectivity index (χ0v) is 18.5. The number of nitrogens with one attached hydrogen (secondary N) is 2. The van der Waals surface area contributed by atoms with Crippen LogP contribution >= 0.6 is 0 Å². The number of aromatic nitrogens is 2. The van der Waals surface area contributed by atoms with E-state index in [-0.39, 0.29) is 5.91 Å². The maximum Gasteiger partial charge on any atom is 0.255 e. The van der Waals surface area contributed by atoms with E-state index in [1.165, 1.54) is 0 Å². The first-order valence-electron chi connectivity index (χ1n) is 11.0. The number of methoxy groups -OCH3 is 1. The number of carbonyl (C=O) groups excluding carboxylic acids is 1. The summed E-state index contributed by atoms with van der Waals surface area (Å²) in [4.78, 5) is 23.5. The minimum atomic E-state index is -0.199. The number of imidazole rings is 1. The fourth-order valence-corrected chi connectivity index (χ4v) is 4.09. The average Bonchev–Trinajstić information content (AvgIpc) is 3.29. The van der Waals surface area contributed by atoms with Crippen LogP contribution in [0.4, 0.5) is 5.69 Å². The molecule has 1 aliphatic heterocycles. The van der Waals surface area contributed by atoms with Gasteiger partial charge in [0.05, 0.1) is 37.0 Å². The molecule has 168 valence electrons. The SMILES string of the molecule is COc1cc(C(=O)Nc2ccccc2-c2nc3ccccc3[nH]2)ccc1CN1CCOCC1. The second-order valence-electron chi connectivity index (χ2n) is 8.02. The summed E-state index contributed by atoms with van der Waals surface area (Å²) in [5.41, 5.74) is 4.95. The predicted molar refractivity (Wildman–Crippen MR) is 129 cm³/mol. The number of benzene rings is 3. The number of para-hydroxylation sites is 3. The molecule has 0 spiro atoms. The Morgan fingerprint density at radius 2 is 1.88 bits per heavy atom. The molecule has 0 atom stereocenters. The summed E-state index contributed by atoms with van der Waals surface area (Å²) in [5, 5.41) is 3.04. The van der Waals surface area contributed by atoms with Crippen molar-refractivity contribution in [1.82, 2.24) is 14.9 Å². The Balaban J connectivity index is 1.37. The summed E-state index contributed by atoms with van der Waals surface area (Å²) in [6.45, 7) is 4.04. The van der Waals surface area contributed by atoms with Gasteiger partial charge in [0.25, 0.3) is 5.91 Å². The highest BCUT2D eigenvalue weighted by molar-refractivity contribution is 6.06. The van der Waals surface area contributed by atoms with E-state index < -0.39 is 0 Å². The first-order valence-corrected chi connectivity index (χ1v) is 11.0. The molecule has 7 heteroatoms. The van der Waals surface area contributed by atoms with E-state index in [2.05, 4.69) is 20.2 Å². The number of carbonyl (C=O) groups is 1. The Hall–Kier alpha value is -3.68. The van der Waals surface area contributed by atoms with E-state index in [0.29, 0.717) is 22.8 Å². The van der Waals surface area contributed by atoms with Crippen molar-refractivity contribution in [2.24, 2.45) is 0 Å². The van der Waals surface area contributed by atoms with Crippen LogP contribution in [0.2, 0.25) is 0 Å². The topological polar surface area (TPSA) is 79.5 Å². The lowest BCUT2D eigenvalue weighted by Crippen LogP contribution is -2.35. The second-order valence-corrected chi connectivity index (χ2v) is 8.02. The summed E-state index contributed by atoms with van der Waals surface area (Å²) < 4.78 is 11.0. The molecule has 1 aliphatic rings. The predicted octanol–water partition coefficient (Wildman–Crippen LogP) is 4.32. The molecule has 2 heterocycles. The van der Waals surface area contributed by atoms with E-state index >= 15 is 0 Å². The molecular formula is C26H26N4O3. The number of ether oxygens (including phenoxy) is 2. The third-order valence-electron chi connectivity index (χ3n) is 5.87. The largest absolute Gasteiger partial charge is 0.496 e. The van der Waals surface area contributed by atoms with Crippen LogP contribution in [0.15, 0.2) is 66.7 Å². The minimum absolute atomic E-state index is 0.199. The van der Waals surface area contributed by atoms with Crippen LogP contribution < -0.4 is 10.1 Å². The number of aromatic amines is 1. The lowest BCUT2D eigenvalue weighted by atomic mass is 10.1. The van der Waals surface area contributed by atoms with E-state index in [1.54, 1.807) is 13.2 Å². The van der Waals surface area contributed by atoms with Gasteiger partial charge in [-0.1, -0.05) is 30.3 Å². The van der Waals surface area contributed by atoms with Crippen molar-refractivity contribution < 1.29 is 14.3 Å². The standard InChI is InChI=1S/C26H26N4O3/c1-32-24-16-18(10-11-19(24)17-30-12-14-33-15-13-30)26(31)29-21-7-3-2-6-20(21)25-27-22-8-4-5-9-23(22)28-25/h2-11,16H,12-15,17H2,1H3,(H,27,28)(H,29,31). The Bertz CT molecular complexity index is 1240. The lowest BCUT2D eigenvalue weighted by Gasteiger charge is -2.27. The molecule has 5 rings (SSSR count). The van der Waals surface area contributed by atoms with Crippen LogP contribution in [0.1, 0.15) is 15.9 Å². The quantitative estimate of drug-likeness (QED) is 0.465. The van der Waals surface area contributed by atoms with Crippen LogP contribution in [-0.4, -0.2) is 54.2 Å². The molecule has 0 saturated carbocycles. The number of anilines is 1. The first-order chi connectivity index (χ1) is 16.2. The highest BCUT2D eigenvalue weighted by atomic mass is 16.5. The molecule has 33 heavy (non-hydrogen) atoms. The number of rotatable bonds is 6. The summed E-state index contributed by atoms with van der Waals surface area (Å²) in [7, 11) is 1.64. The maximum absolute atomic E-state index is 13.1. The normalized spacial score (nSPS) is 14.3. The molecule has 3 aromatic carbocycles. The van der Waals surface area contributed by atoms with Crippen LogP contribution in [0.3, 0.4) is 0 Å². The summed E-state index contributed by atoms with van der Waals surface area (Å²) in [6, 6.07) is 21.1. The summed E-state index contributed by atoms with van der Waals surface area (Å²) >= 11 is 0. The Kier molecular flexibility index (Phi) is 6.06. The van der Waals surface area contributed by atoms with Gasteiger partial charge in [0.1, 0.15) is 11.6 Å². The highest BCUT2D eigenvalue weighted by Gasteiger charge is 2.17. The third kappa shape index (κ3) is 4.60. The third-order valence-corrected chi connectivity index (χ3v) is 5.87. The molecule has 1 aromatic heterocycles. The number of hydrogen-bond acceptors (Lipinski definition) is 5. The van der Waals surface area contributed by atoms with E-state index in [4.69, 9.17) is 9.47 Å². The number of fused-ring (bicyclic) bond motifs is 1. The van der Waals surface area contributed by atoms with Gasteiger partial charge in [0, 0.05) is 36.3 Å². The van der Waals surface area contributed by atoms with E-state index in [9.17, 15) is 4.79 Å². The van der Waals surface area contributed by atoms with Crippen molar-refractivity contribution >= 4 is 22.6 Å². The molecule has 0 bridgehead atoms. The number of morpholine rings is 1. The molecule has 0 aliphatic carbocycles. The fourth-order valence-electron chi connectivity index (χ4n) is 4.09. The summed E-state index contributed by atoms with van der Waals surface area (Å²) in [6.07, 6.45) is 0. The van der Waals surface area contributed by atoms with Crippen molar-refractivity contribution in [2.75, 3.05) is 38.7 Å². The van der Waals surface area contributed by atoms with Crippen LogP contribution in [0.5, 0.6) is 5.75 Å². The van der Waals surface area contributed by atoms with Gasteiger partial charge in [-0.25, -0.2) is 4.98 Å². The second kappa shape index (κ2) is 9.44. The van der Waals surface area contributed by atoms with Gasteiger partial charge < -0.3 is 19.8 Å². The smallest absolute Gasteiger partial charge is 0.255 e. The fraction of sp³-hybridized carbons (Fsp3) is 0.231. The Morgan fingerprint density at radius 3 is 2.70 bits per heavy atom. The molecule has 1 amide bonds. The zero-order chi connectivity index (χ0) is 22.6. The number of nitrogens with zero attached hydrogens (tertiary/aromatic N) is 2. The van der Waals surface area contributed by atoms with Crippen LogP contribution in [-0.2, 0) is 11.3 Å². The molecular weight excluding hydrogens is 416 g/mol. The molecule has 1 saturated heterocycles. The Morgan fingerprint density at radius 1 is 1.09 bits per heavy atom. The van der Waals surface area contributed by atoms with Gasteiger partial charge in [-0.3, -0.25) is 9.69 Å². The first kappa shape index (κ1) is 21.2. The zero-order valence-electron chi connectivity index (χ0n) is 18.5. The van der Waals surface area contributed by atoms with Gasteiger partial charge >= 0.3 is 0 Å². The van der Waals surface area contributed by atoms with Crippen molar-refractivity contribution in [3.63, 3.8) is 0 Å². The van der Waals surface area contributed by atoms with Gasteiger partial charge in [-0.05, 0) is 36.4 Å².